The first-order chi connectivity index (χ1) is 14.1. The molecule has 2 unspecified atom stereocenters. The summed E-state index contributed by atoms with van der Waals surface area (Å²) in [5.74, 6) is 1.04. The third-order valence-electron chi connectivity index (χ3n) is 7.00. The Bertz CT molecular complexity index is 696. The van der Waals surface area contributed by atoms with Gasteiger partial charge in [0.2, 0.25) is 11.8 Å². The van der Waals surface area contributed by atoms with E-state index in [9.17, 15) is 9.59 Å². The van der Waals surface area contributed by atoms with Gasteiger partial charge in [-0.15, -0.1) is 0 Å². The minimum absolute atomic E-state index is 0.0258. The zero-order valence-electron chi connectivity index (χ0n) is 17.1. The maximum Gasteiger partial charge on any atom is 0.236 e. The Morgan fingerprint density at radius 3 is 2.34 bits per heavy atom. The number of amides is 2. The van der Waals surface area contributed by atoms with Crippen molar-refractivity contribution in [3.63, 3.8) is 0 Å². The van der Waals surface area contributed by atoms with E-state index in [2.05, 4.69) is 46.1 Å². The van der Waals surface area contributed by atoms with E-state index in [0.717, 1.165) is 58.4 Å². The van der Waals surface area contributed by atoms with Gasteiger partial charge in [0, 0.05) is 37.5 Å². The van der Waals surface area contributed by atoms with Gasteiger partial charge in [-0.3, -0.25) is 25.3 Å². The van der Waals surface area contributed by atoms with Gasteiger partial charge in [0.05, 0.1) is 6.54 Å². The topological polar surface area (TPSA) is 90.7 Å². The van der Waals surface area contributed by atoms with E-state index in [1.165, 1.54) is 5.56 Å². The van der Waals surface area contributed by atoms with Crippen LogP contribution in [-0.4, -0.2) is 66.9 Å². The highest BCUT2D eigenvalue weighted by atomic mass is 16.2. The van der Waals surface area contributed by atoms with Gasteiger partial charge >= 0.3 is 0 Å². The number of nitrogens with two attached hydrogens (primary N) is 1. The van der Waals surface area contributed by atoms with Gasteiger partial charge < -0.3 is 10.6 Å². The summed E-state index contributed by atoms with van der Waals surface area (Å²) < 4.78 is 0. The molecule has 0 aromatic heterocycles. The number of likely N-dealkylation sites (tertiary alicyclic amines) is 2. The Labute approximate surface area is 173 Å². The average Bonchev–Trinajstić information content (AvgIpc) is 3.25. The molecule has 3 aliphatic rings. The van der Waals surface area contributed by atoms with Crippen molar-refractivity contribution in [1.82, 2.24) is 20.7 Å². The molecular weight excluding hydrogens is 366 g/mol. The normalized spacial score (nSPS) is 27.2. The number of benzene rings is 1. The number of hydrogen-bond donors (Lipinski definition) is 3. The Morgan fingerprint density at radius 2 is 1.69 bits per heavy atom. The maximum absolute atomic E-state index is 12.8. The molecule has 3 fully saturated rings. The molecule has 7 nitrogen and oxygen atoms in total. The van der Waals surface area contributed by atoms with E-state index in [0.29, 0.717) is 24.4 Å². The third-order valence-corrected chi connectivity index (χ3v) is 7.00. The van der Waals surface area contributed by atoms with Crippen LogP contribution in [0.25, 0.3) is 0 Å². The van der Waals surface area contributed by atoms with Crippen LogP contribution in [0.15, 0.2) is 30.3 Å². The van der Waals surface area contributed by atoms with Crippen LogP contribution < -0.4 is 16.6 Å². The monoisotopic (exact) mass is 399 g/mol. The highest BCUT2D eigenvalue weighted by molar-refractivity contribution is 5.79. The van der Waals surface area contributed by atoms with Gasteiger partial charge in [-0.1, -0.05) is 30.3 Å². The number of hydrazine groups is 1. The van der Waals surface area contributed by atoms with Crippen LogP contribution in [0.1, 0.15) is 37.2 Å². The van der Waals surface area contributed by atoms with Crippen LogP contribution in [0.4, 0.5) is 0 Å². The lowest BCUT2D eigenvalue weighted by Gasteiger charge is -2.38. The van der Waals surface area contributed by atoms with Gasteiger partial charge in [-0.2, -0.15) is 0 Å². The molecule has 3 aliphatic heterocycles. The summed E-state index contributed by atoms with van der Waals surface area (Å²) in [6, 6.07) is 11.1. The second kappa shape index (κ2) is 9.24. The zero-order valence-corrected chi connectivity index (χ0v) is 17.1. The molecular formula is C22H33N5O2. The van der Waals surface area contributed by atoms with Crippen molar-refractivity contribution in [2.75, 3.05) is 39.3 Å². The Balaban J connectivity index is 1.25. The van der Waals surface area contributed by atoms with Crippen molar-refractivity contribution < 1.29 is 9.59 Å². The molecule has 158 valence electrons. The molecule has 2 amide bonds. The summed E-state index contributed by atoms with van der Waals surface area (Å²) in [7, 11) is 0. The van der Waals surface area contributed by atoms with Crippen molar-refractivity contribution in [1.29, 1.82) is 0 Å². The molecule has 1 aromatic carbocycles. The predicted octanol–water partition coefficient (Wildman–Crippen LogP) is 0.683. The molecule has 29 heavy (non-hydrogen) atoms. The molecule has 0 radical (unpaired) electrons. The fourth-order valence-corrected chi connectivity index (χ4v) is 5.16. The quantitative estimate of drug-likeness (QED) is 0.678. The molecule has 3 heterocycles. The molecule has 3 saturated heterocycles. The van der Waals surface area contributed by atoms with E-state index in [-0.39, 0.29) is 17.7 Å². The highest BCUT2D eigenvalue weighted by Gasteiger charge is 2.37. The third kappa shape index (κ3) is 4.79. The van der Waals surface area contributed by atoms with Crippen LogP contribution in [-0.2, 0) is 9.59 Å². The second-order valence-electron chi connectivity index (χ2n) is 8.74. The van der Waals surface area contributed by atoms with Gasteiger partial charge in [0.1, 0.15) is 0 Å². The fraction of sp³-hybridized carbons (Fsp3) is 0.636. The molecule has 0 bridgehead atoms. The first-order valence-electron chi connectivity index (χ1n) is 10.9. The van der Waals surface area contributed by atoms with Crippen LogP contribution in [0.5, 0.6) is 0 Å². The SMILES string of the molecule is NC(=O)C1CCN(CC(=O)N2CCC(C3NNCC3c3ccccc3)CC2)CC1. The fourth-order valence-electron chi connectivity index (χ4n) is 5.16. The molecule has 4 rings (SSSR count). The lowest BCUT2D eigenvalue weighted by Crippen LogP contribution is -2.49. The van der Waals surface area contributed by atoms with Crippen molar-refractivity contribution in [3.8, 4) is 0 Å². The minimum atomic E-state index is -0.207. The van der Waals surface area contributed by atoms with Crippen molar-refractivity contribution in [2.24, 2.45) is 17.6 Å². The number of piperidine rings is 2. The van der Waals surface area contributed by atoms with Crippen molar-refractivity contribution >= 4 is 11.8 Å². The largest absolute Gasteiger partial charge is 0.369 e. The Morgan fingerprint density at radius 1 is 1.00 bits per heavy atom. The van der Waals surface area contributed by atoms with E-state index in [4.69, 9.17) is 5.73 Å². The average molecular weight is 400 g/mol. The van der Waals surface area contributed by atoms with Crippen molar-refractivity contribution in [2.45, 2.75) is 37.6 Å². The molecule has 0 saturated carbocycles. The van der Waals surface area contributed by atoms with Gasteiger partial charge in [0.25, 0.3) is 0 Å². The Kier molecular flexibility index (Phi) is 6.47. The molecule has 4 N–H and O–H groups in total. The predicted molar refractivity (Wildman–Crippen MR) is 112 cm³/mol. The van der Waals surface area contributed by atoms with Crippen LogP contribution >= 0.6 is 0 Å². The summed E-state index contributed by atoms with van der Waals surface area (Å²) in [5, 5.41) is 0. The first kappa shape index (κ1) is 20.3. The highest BCUT2D eigenvalue weighted by Crippen LogP contribution is 2.32. The standard InChI is InChI=1S/C22H33N5O2/c23-22(29)18-6-10-26(11-7-18)15-20(28)27-12-8-17(9-13-27)21-19(14-24-25-21)16-4-2-1-3-5-16/h1-5,17-19,21,24-25H,6-15H2,(H2,23,29). The number of carbonyl (C=O) groups excluding carboxylic acids is 2. The second-order valence-corrected chi connectivity index (χ2v) is 8.74. The lowest BCUT2D eigenvalue weighted by atomic mass is 9.80. The molecule has 2 atom stereocenters. The van der Waals surface area contributed by atoms with Gasteiger partial charge in [-0.25, -0.2) is 0 Å². The number of rotatable bonds is 5. The van der Waals surface area contributed by atoms with Crippen LogP contribution in [0.2, 0.25) is 0 Å². The van der Waals surface area contributed by atoms with E-state index in [1.807, 2.05) is 4.90 Å². The summed E-state index contributed by atoms with van der Waals surface area (Å²) in [6.45, 7) is 4.65. The van der Waals surface area contributed by atoms with Gasteiger partial charge in [0.15, 0.2) is 0 Å². The number of hydrogen-bond acceptors (Lipinski definition) is 5. The van der Waals surface area contributed by atoms with E-state index < -0.39 is 0 Å². The smallest absolute Gasteiger partial charge is 0.236 e. The summed E-state index contributed by atoms with van der Waals surface area (Å²) in [4.78, 5) is 28.3. The van der Waals surface area contributed by atoms with Crippen molar-refractivity contribution in [3.05, 3.63) is 35.9 Å². The lowest BCUT2D eigenvalue weighted by molar-refractivity contribution is -0.134. The summed E-state index contributed by atoms with van der Waals surface area (Å²) in [6.07, 6.45) is 3.62. The van der Waals surface area contributed by atoms with Gasteiger partial charge in [-0.05, 0) is 50.3 Å². The number of nitrogens with one attached hydrogen (secondary N) is 2. The molecule has 0 aliphatic carbocycles. The van der Waals surface area contributed by atoms with E-state index in [1.54, 1.807) is 0 Å². The minimum Gasteiger partial charge on any atom is -0.369 e. The zero-order chi connectivity index (χ0) is 20.2. The number of primary amides is 1. The summed E-state index contributed by atoms with van der Waals surface area (Å²) >= 11 is 0. The first-order valence-corrected chi connectivity index (χ1v) is 10.9. The van der Waals surface area contributed by atoms with E-state index >= 15 is 0 Å². The molecule has 1 aromatic rings. The van der Waals surface area contributed by atoms with Crippen LogP contribution in [0, 0.1) is 11.8 Å². The number of carbonyl (C=O) groups is 2. The Hall–Kier alpha value is -1.96. The molecule has 0 spiro atoms. The van der Waals surface area contributed by atoms with Crippen LogP contribution in [0.3, 0.4) is 0 Å². The summed E-state index contributed by atoms with van der Waals surface area (Å²) in [5.41, 5.74) is 13.6. The maximum atomic E-state index is 12.8. The molecule has 7 heteroatoms. The number of nitrogens with zero attached hydrogens (tertiary/aromatic N) is 2.